The molecule has 1 aromatic heterocycles. The van der Waals surface area contributed by atoms with Crippen LogP contribution in [0.3, 0.4) is 0 Å². The summed E-state index contributed by atoms with van der Waals surface area (Å²) in [6.45, 7) is 8.30. The summed E-state index contributed by atoms with van der Waals surface area (Å²) >= 11 is 0. The molecule has 6 heteroatoms. The normalized spacial score (nSPS) is 12.7. The predicted octanol–water partition coefficient (Wildman–Crippen LogP) is 3.42. The molecule has 28 heavy (non-hydrogen) atoms. The molecule has 2 rings (SSSR count). The highest BCUT2D eigenvalue weighted by molar-refractivity contribution is 5.95. The van der Waals surface area contributed by atoms with Crippen LogP contribution in [-0.4, -0.2) is 24.2 Å². The zero-order valence-electron chi connectivity index (χ0n) is 16.8. The van der Waals surface area contributed by atoms with Crippen molar-refractivity contribution in [2.45, 2.75) is 38.6 Å². The highest BCUT2D eigenvalue weighted by Gasteiger charge is 2.28. The summed E-state index contributed by atoms with van der Waals surface area (Å²) in [5, 5.41) is 2.60. The molecule has 0 saturated carbocycles. The third-order valence-electron chi connectivity index (χ3n) is 4.57. The molecule has 0 bridgehead atoms. The number of pyridine rings is 1. The molecule has 2 aromatic rings. The first-order valence-corrected chi connectivity index (χ1v) is 9.52. The average molecular weight is 383 g/mol. The zero-order chi connectivity index (χ0) is 20.6. The van der Waals surface area contributed by atoms with Gasteiger partial charge in [-0.15, -0.1) is 6.58 Å². The maximum atomic E-state index is 12.6. The van der Waals surface area contributed by atoms with Crippen LogP contribution in [-0.2, 0) is 5.54 Å². The number of ether oxygens (including phenoxy) is 1. The van der Waals surface area contributed by atoms with Gasteiger partial charge in [-0.2, -0.15) is 0 Å². The number of benzene rings is 1. The van der Waals surface area contributed by atoms with Crippen molar-refractivity contribution >= 4 is 5.91 Å². The van der Waals surface area contributed by atoms with E-state index < -0.39 is 11.4 Å². The molecule has 0 fully saturated rings. The summed E-state index contributed by atoms with van der Waals surface area (Å²) < 4.78 is 7.27. The number of hydrogen-bond donors (Lipinski definition) is 2. The second-order valence-corrected chi connectivity index (χ2v) is 6.81. The molecule has 0 spiro atoms. The van der Waals surface area contributed by atoms with E-state index in [0.717, 1.165) is 18.4 Å². The molecular weight excluding hydrogens is 354 g/mol. The summed E-state index contributed by atoms with van der Waals surface area (Å²) in [4.78, 5) is 25.0. The smallest absolute Gasteiger partial charge is 0.273 e. The lowest BCUT2D eigenvalue weighted by atomic mass is 9.89. The number of nitrogens with zero attached hydrogens (tertiary/aromatic N) is 1. The van der Waals surface area contributed by atoms with Gasteiger partial charge in [0.1, 0.15) is 0 Å². The standard InChI is InChI=1S/C22H29N3O3/c1-5-7-16-28-20-18(26)13-15-25(19(20)21(27)23-4)24-22(3,14-6-2)17-11-9-8-10-12-17/h6,8-13,15,24H,2,5,7,14,16H2,1,3-4H3,(H,23,27). The fourth-order valence-corrected chi connectivity index (χ4v) is 2.99. The summed E-state index contributed by atoms with van der Waals surface area (Å²) in [6, 6.07) is 11.3. The van der Waals surface area contributed by atoms with E-state index in [1.807, 2.05) is 50.3 Å². The van der Waals surface area contributed by atoms with Crippen molar-refractivity contribution in [1.29, 1.82) is 0 Å². The molecule has 0 radical (unpaired) electrons. The average Bonchev–Trinajstić information content (AvgIpc) is 2.70. The van der Waals surface area contributed by atoms with E-state index in [2.05, 4.69) is 17.3 Å². The van der Waals surface area contributed by atoms with Crippen molar-refractivity contribution in [3.63, 3.8) is 0 Å². The van der Waals surface area contributed by atoms with Gasteiger partial charge in [-0.25, -0.2) is 0 Å². The van der Waals surface area contributed by atoms with Gasteiger partial charge in [-0.1, -0.05) is 49.8 Å². The molecule has 0 aliphatic rings. The van der Waals surface area contributed by atoms with Gasteiger partial charge >= 0.3 is 0 Å². The van der Waals surface area contributed by atoms with Crippen LogP contribution in [0, 0.1) is 0 Å². The highest BCUT2D eigenvalue weighted by Crippen LogP contribution is 2.27. The van der Waals surface area contributed by atoms with Gasteiger partial charge in [-0.05, 0) is 25.3 Å². The maximum Gasteiger partial charge on any atom is 0.273 e. The molecule has 0 aliphatic heterocycles. The molecular formula is C22H29N3O3. The molecule has 2 N–H and O–H groups in total. The van der Waals surface area contributed by atoms with Crippen LogP contribution in [0.2, 0.25) is 0 Å². The van der Waals surface area contributed by atoms with E-state index in [4.69, 9.17) is 4.74 Å². The minimum atomic E-state index is -0.540. The first-order chi connectivity index (χ1) is 13.5. The largest absolute Gasteiger partial charge is 0.487 e. The fraction of sp³-hybridized carbons (Fsp3) is 0.364. The van der Waals surface area contributed by atoms with E-state index in [0.29, 0.717) is 13.0 Å². The van der Waals surface area contributed by atoms with Gasteiger partial charge < -0.3 is 15.5 Å². The molecule has 150 valence electrons. The molecule has 1 aromatic carbocycles. The van der Waals surface area contributed by atoms with Crippen LogP contribution < -0.4 is 20.9 Å². The Morgan fingerprint density at radius 2 is 2.00 bits per heavy atom. The van der Waals surface area contributed by atoms with Gasteiger partial charge in [0.2, 0.25) is 5.43 Å². The number of amides is 1. The van der Waals surface area contributed by atoms with Crippen molar-refractivity contribution in [1.82, 2.24) is 9.99 Å². The maximum absolute atomic E-state index is 12.6. The lowest BCUT2D eigenvalue weighted by molar-refractivity contribution is 0.0948. The Balaban J connectivity index is 2.53. The Labute approximate surface area is 166 Å². The van der Waals surface area contributed by atoms with Crippen molar-refractivity contribution in [2.24, 2.45) is 0 Å². The van der Waals surface area contributed by atoms with E-state index >= 15 is 0 Å². The van der Waals surface area contributed by atoms with Crippen molar-refractivity contribution in [3.05, 3.63) is 76.7 Å². The van der Waals surface area contributed by atoms with Gasteiger partial charge in [0, 0.05) is 19.3 Å². The topological polar surface area (TPSA) is 72.4 Å². The van der Waals surface area contributed by atoms with Gasteiger partial charge in [0.15, 0.2) is 11.4 Å². The Hall–Kier alpha value is -3.02. The van der Waals surface area contributed by atoms with E-state index in [1.165, 1.54) is 13.1 Å². The molecule has 1 heterocycles. The number of carbonyl (C=O) groups excluding carboxylic acids is 1. The second kappa shape index (κ2) is 9.78. The van der Waals surface area contributed by atoms with Crippen molar-refractivity contribution in [3.8, 4) is 5.75 Å². The van der Waals surface area contributed by atoms with Crippen LogP contribution in [0.4, 0.5) is 0 Å². The molecule has 0 aliphatic carbocycles. The van der Waals surface area contributed by atoms with Gasteiger partial charge in [-0.3, -0.25) is 14.3 Å². The number of nitrogens with one attached hydrogen (secondary N) is 2. The molecule has 1 amide bonds. The fourth-order valence-electron chi connectivity index (χ4n) is 2.99. The highest BCUT2D eigenvalue weighted by atomic mass is 16.5. The van der Waals surface area contributed by atoms with E-state index in [9.17, 15) is 9.59 Å². The van der Waals surface area contributed by atoms with E-state index in [1.54, 1.807) is 10.9 Å². The number of unbranched alkanes of at least 4 members (excludes halogenated alkanes) is 1. The Morgan fingerprint density at radius 3 is 2.61 bits per heavy atom. The van der Waals surface area contributed by atoms with Crippen LogP contribution in [0.25, 0.3) is 0 Å². The summed E-state index contributed by atoms with van der Waals surface area (Å²) in [5.74, 6) is -0.345. The number of hydrogen-bond acceptors (Lipinski definition) is 4. The Morgan fingerprint density at radius 1 is 1.29 bits per heavy atom. The lowest BCUT2D eigenvalue weighted by Crippen LogP contribution is -2.41. The molecule has 1 unspecified atom stereocenters. The lowest BCUT2D eigenvalue weighted by Gasteiger charge is -2.33. The first-order valence-electron chi connectivity index (χ1n) is 9.52. The SMILES string of the molecule is C=CCC(C)(Nn1ccc(=O)c(OCCCC)c1C(=O)NC)c1ccccc1. The molecule has 6 nitrogen and oxygen atoms in total. The minimum absolute atomic E-state index is 0.0526. The third kappa shape index (κ3) is 4.82. The number of aromatic nitrogens is 1. The van der Waals surface area contributed by atoms with Crippen LogP contribution in [0.15, 0.2) is 60.0 Å². The van der Waals surface area contributed by atoms with Crippen molar-refractivity contribution < 1.29 is 9.53 Å². The van der Waals surface area contributed by atoms with E-state index in [-0.39, 0.29) is 16.9 Å². The van der Waals surface area contributed by atoms with Gasteiger partial charge in [0.05, 0.1) is 12.1 Å². The summed E-state index contributed by atoms with van der Waals surface area (Å²) in [7, 11) is 1.53. The summed E-state index contributed by atoms with van der Waals surface area (Å²) in [5.41, 5.74) is 3.70. The minimum Gasteiger partial charge on any atom is -0.487 e. The Kier molecular flexibility index (Phi) is 7.44. The number of carbonyl (C=O) groups is 1. The van der Waals surface area contributed by atoms with Crippen LogP contribution >= 0.6 is 0 Å². The Bertz CT molecular complexity index is 861. The first kappa shape index (κ1) is 21.3. The summed E-state index contributed by atoms with van der Waals surface area (Å²) in [6.07, 6.45) is 5.72. The quantitative estimate of drug-likeness (QED) is 0.487. The van der Waals surface area contributed by atoms with Gasteiger partial charge in [0.25, 0.3) is 5.91 Å². The van der Waals surface area contributed by atoms with Crippen molar-refractivity contribution in [2.75, 3.05) is 19.1 Å². The molecule has 0 saturated heterocycles. The molecule has 1 atom stereocenters. The predicted molar refractivity (Wildman–Crippen MR) is 112 cm³/mol. The number of rotatable bonds is 10. The monoisotopic (exact) mass is 383 g/mol. The third-order valence-corrected chi connectivity index (χ3v) is 4.57. The second-order valence-electron chi connectivity index (χ2n) is 6.81. The van der Waals surface area contributed by atoms with Crippen LogP contribution in [0.5, 0.6) is 5.75 Å². The zero-order valence-corrected chi connectivity index (χ0v) is 16.8. The van der Waals surface area contributed by atoms with Crippen LogP contribution in [0.1, 0.15) is 49.2 Å².